The summed E-state index contributed by atoms with van der Waals surface area (Å²) in [6.07, 6.45) is 0.827. The third-order valence-electron chi connectivity index (χ3n) is 2.60. The Labute approximate surface area is 121 Å². The van der Waals surface area contributed by atoms with Crippen molar-refractivity contribution in [1.29, 1.82) is 0 Å². The van der Waals surface area contributed by atoms with Gasteiger partial charge in [-0.05, 0) is 25.1 Å². The fourth-order valence-corrected chi connectivity index (χ4v) is 2.89. The van der Waals surface area contributed by atoms with Gasteiger partial charge in [0, 0.05) is 12.6 Å². The Kier molecular flexibility index (Phi) is 6.98. The molecule has 0 radical (unpaired) electrons. The van der Waals surface area contributed by atoms with Crippen LogP contribution in [-0.4, -0.2) is 34.2 Å². The van der Waals surface area contributed by atoms with Gasteiger partial charge in [0.2, 0.25) is 10.0 Å². The number of nitrogens with one attached hydrogen (secondary N) is 2. The van der Waals surface area contributed by atoms with Gasteiger partial charge in [0.1, 0.15) is 10.6 Å². The summed E-state index contributed by atoms with van der Waals surface area (Å²) < 4.78 is 32.1. The zero-order valence-corrected chi connectivity index (χ0v) is 13.2. The zero-order valence-electron chi connectivity index (χ0n) is 12.3. The quantitative estimate of drug-likeness (QED) is 0.682. The van der Waals surface area contributed by atoms with Gasteiger partial charge in [0.25, 0.3) is 0 Å². The van der Waals surface area contributed by atoms with Crippen LogP contribution in [0.5, 0.6) is 5.75 Å². The van der Waals surface area contributed by atoms with Gasteiger partial charge in [-0.2, -0.15) is 0 Å². The molecule has 0 amide bonds. The van der Waals surface area contributed by atoms with Crippen molar-refractivity contribution in [3.05, 3.63) is 24.3 Å². The lowest BCUT2D eigenvalue weighted by molar-refractivity contribution is 0.298. The fraction of sp³-hybridized carbons (Fsp3) is 0.571. The van der Waals surface area contributed by atoms with Crippen LogP contribution in [0.1, 0.15) is 27.2 Å². The number of sulfonamides is 1. The highest BCUT2D eigenvalue weighted by Gasteiger charge is 2.17. The molecule has 1 rings (SSSR count). The van der Waals surface area contributed by atoms with Crippen LogP contribution in [0.15, 0.2) is 29.2 Å². The van der Waals surface area contributed by atoms with Crippen molar-refractivity contribution in [2.45, 2.75) is 38.1 Å². The Morgan fingerprint density at radius 2 is 1.95 bits per heavy atom. The molecule has 0 bridgehead atoms. The molecule has 5 nitrogen and oxygen atoms in total. The molecular weight excluding hydrogens is 276 g/mol. The summed E-state index contributed by atoms with van der Waals surface area (Å²) in [6, 6.07) is 7.14. The van der Waals surface area contributed by atoms with E-state index in [4.69, 9.17) is 4.74 Å². The molecule has 6 heteroatoms. The van der Waals surface area contributed by atoms with Crippen molar-refractivity contribution >= 4 is 10.0 Å². The van der Waals surface area contributed by atoms with E-state index in [9.17, 15) is 8.42 Å². The predicted octanol–water partition coefficient (Wildman–Crippen LogP) is 1.75. The minimum absolute atomic E-state index is 0.193. The maximum atomic E-state index is 12.0. The zero-order chi connectivity index (χ0) is 15.0. The van der Waals surface area contributed by atoms with E-state index in [1.54, 1.807) is 31.2 Å². The molecule has 0 unspecified atom stereocenters. The van der Waals surface area contributed by atoms with Gasteiger partial charge in [-0.15, -0.1) is 0 Å². The first-order chi connectivity index (χ1) is 9.47. The molecule has 1 aromatic carbocycles. The molecular formula is C14H24N2O3S. The molecule has 0 aliphatic carbocycles. The maximum absolute atomic E-state index is 12.0. The van der Waals surface area contributed by atoms with Crippen LogP contribution >= 0.6 is 0 Å². The third-order valence-corrected chi connectivity index (χ3v) is 4.19. The summed E-state index contributed by atoms with van der Waals surface area (Å²) >= 11 is 0. The number of benzene rings is 1. The second kappa shape index (κ2) is 8.24. The lowest BCUT2D eigenvalue weighted by atomic mass is 10.3. The van der Waals surface area contributed by atoms with Crippen LogP contribution in [0.3, 0.4) is 0 Å². The summed E-state index contributed by atoms with van der Waals surface area (Å²) in [7, 11) is -3.49. The van der Waals surface area contributed by atoms with Crippen LogP contribution in [-0.2, 0) is 10.0 Å². The first kappa shape index (κ1) is 16.9. The summed E-state index contributed by atoms with van der Waals surface area (Å²) in [4.78, 5) is 0.193. The van der Waals surface area contributed by atoms with Gasteiger partial charge >= 0.3 is 0 Å². The monoisotopic (exact) mass is 300 g/mol. The molecule has 0 aromatic heterocycles. The molecule has 114 valence electrons. The van der Waals surface area contributed by atoms with Gasteiger partial charge in [-0.1, -0.05) is 32.9 Å². The van der Waals surface area contributed by atoms with Gasteiger partial charge in [0.05, 0.1) is 6.61 Å². The molecule has 0 aliphatic rings. The van der Waals surface area contributed by atoms with Crippen molar-refractivity contribution < 1.29 is 13.2 Å². The van der Waals surface area contributed by atoms with Crippen molar-refractivity contribution in [1.82, 2.24) is 10.0 Å². The van der Waals surface area contributed by atoms with E-state index < -0.39 is 10.0 Å². The standard InChI is InChI=1S/C14H24N2O3S/c1-4-16-20(17,18)14-9-6-5-8-13(14)19-11-7-10-15-12(2)3/h5-6,8-9,12,15-16H,4,7,10-11H2,1-3H3. The van der Waals surface area contributed by atoms with Crippen molar-refractivity contribution in [3.8, 4) is 5.75 Å². The number of ether oxygens (including phenoxy) is 1. The Morgan fingerprint density at radius 3 is 2.60 bits per heavy atom. The van der Waals surface area contributed by atoms with E-state index in [1.165, 1.54) is 0 Å². The van der Waals surface area contributed by atoms with Crippen molar-refractivity contribution in [2.24, 2.45) is 0 Å². The van der Waals surface area contributed by atoms with Gasteiger partial charge in [-0.3, -0.25) is 0 Å². The molecule has 2 N–H and O–H groups in total. The van der Waals surface area contributed by atoms with Crippen LogP contribution in [0.2, 0.25) is 0 Å². The minimum atomic E-state index is -3.49. The molecule has 0 atom stereocenters. The summed E-state index contributed by atoms with van der Waals surface area (Å²) in [5.41, 5.74) is 0. The summed E-state index contributed by atoms with van der Waals surface area (Å²) in [6.45, 7) is 7.60. The Morgan fingerprint density at radius 1 is 1.25 bits per heavy atom. The Bertz CT molecular complexity index is 501. The Balaban J connectivity index is 2.63. The van der Waals surface area contributed by atoms with Crippen LogP contribution in [0, 0.1) is 0 Å². The SMILES string of the molecule is CCNS(=O)(=O)c1ccccc1OCCCNC(C)C. The highest BCUT2D eigenvalue weighted by atomic mass is 32.2. The molecule has 0 spiro atoms. The average Bonchev–Trinajstić information content (AvgIpc) is 2.38. The van der Waals surface area contributed by atoms with Crippen LogP contribution in [0.25, 0.3) is 0 Å². The average molecular weight is 300 g/mol. The second-order valence-corrected chi connectivity index (χ2v) is 6.49. The highest BCUT2D eigenvalue weighted by Crippen LogP contribution is 2.23. The lowest BCUT2D eigenvalue weighted by Crippen LogP contribution is -2.25. The minimum Gasteiger partial charge on any atom is -0.492 e. The smallest absolute Gasteiger partial charge is 0.244 e. The van der Waals surface area contributed by atoms with Crippen molar-refractivity contribution in [2.75, 3.05) is 19.7 Å². The van der Waals surface area contributed by atoms with E-state index in [1.807, 2.05) is 0 Å². The largest absolute Gasteiger partial charge is 0.492 e. The maximum Gasteiger partial charge on any atom is 0.244 e. The first-order valence-corrected chi connectivity index (χ1v) is 8.40. The fourth-order valence-electron chi connectivity index (χ4n) is 1.70. The van der Waals surface area contributed by atoms with E-state index in [0.29, 0.717) is 24.9 Å². The molecule has 0 fully saturated rings. The third kappa shape index (κ3) is 5.48. The molecule has 0 saturated heterocycles. The van der Waals surface area contributed by atoms with E-state index in [2.05, 4.69) is 23.9 Å². The van der Waals surface area contributed by atoms with Gasteiger partial charge in [-0.25, -0.2) is 13.1 Å². The van der Waals surface area contributed by atoms with Crippen molar-refractivity contribution in [3.63, 3.8) is 0 Å². The van der Waals surface area contributed by atoms with Gasteiger partial charge < -0.3 is 10.1 Å². The highest BCUT2D eigenvalue weighted by molar-refractivity contribution is 7.89. The molecule has 0 heterocycles. The first-order valence-electron chi connectivity index (χ1n) is 6.92. The number of hydrogen-bond acceptors (Lipinski definition) is 4. The molecule has 1 aromatic rings. The van der Waals surface area contributed by atoms with Crippen LogP contribution in [0.4, 0.5) is 0 Å². The molecule has 0 aliphatic heterocycles. The number of rotatable bonds is 9. The van der Waals surface area contributed by atoms with E-state index in [0.717, 1.165) is 13.0 Å². The predicted molar refractivity (Wildman–Crippen MR) is 80.6 cm³/mol. The van der Waals surface area contributed by atoms with Gasteiger partial charge in [0.15, 0.2) is 0 Å². The summed E-state index contributed by atoms with van der Waals surface area (Å²) in [5.74, 6) is 0.401. The summed E-state index contributed by atoms with van der Waals surface area (Å²) in [5, 5.41) is 3.29. The lowest BCUT2D eigenvalue weighted by Gasteiger charge is -2.13. The number of hydrogen-bond donors (Lipinski definition) is 2. The van der Waals surface area contributed by atoms with E-state index in [-0.39, 0.29) is 4.90 Å². The molecule has 20 heavy (non-hydrogen) atoms. The number of para-hydroxylation sites is 1. The van der Waals surface area contributed by atoms with Crippen LogP contribution < -0.4 is 14.8 Å². The topological polar surface area (TPSA) is 67.4 Å². The Hall–Kier alpha value is -1.11. The molecule has 0 saturated carbocycles. The normalized spacial score (nSPS) is 11.8. The second-order valence-electron chi connectivity index (χ2n) is 4.76. The van der Waals surface area contributed by atoms with E-state index >= 15 is 0 Å².